The molecule has 0 radical (unpaired) electrons. The third-order valence-electron chi connectivity index (χ3n) is 3.38. The normalized spacial score (nSPS) is 17.9. The van der Waals surface area contributed by atoms with Gasteiger partial charge in [-0.25, -0.2) is 8.78 Å². The molecule has 0 saturated carbocycles. The molecule has 110 valence electrons. The lowest BCUT2D eigenvalue weighted by atomic mass is 10.1. The average Bonchev–Trinajstić information content (AvgIpc) is 3.01. The van der Waals surface area contributed by atoms with Crippen LogP contribution in [0.1, 0.15) is 23.6 Å². The van der Waals surface area contributed by atoms with Crippen molar-refractivity contribution in [2.45, 2.75) is 19.1 Å². The molecule has 1 N–H and O–H groups in total. The molecule has 1 fully saturated rings. The van der Waals surface area contributed by atoms with E-state index in [1.807, 2.05) is 0 Å². The Hall–Kier alpha value is -1.98. The van der Waals surface area contributed by atoms with E-state index in [-0.39, 0.29) is 24.2 Å². The minimum absolute atomic E-state index is 0.0436. The number of halogens is 2. The Bertz CT molecular complexity index is 627. The maximum atomic E-state index is 13.8. The maximum Gasteiger partial charge on any atom is 0.165 e. The molecular weight excluding hydrogens is 276 g/mol. The molecule has 21 heavy (non-hydrogen) atoms. The fourth-order valence-electron chi connectivity index (χ4n) is 2.27. The van der Waals surface area contributed by atoms with Crippen LogP contribution in [0.25, 0.3) is 0 Å². The van der Waals surface area contributed by atoms with E-state index in [0.717, 1.165) is 12.0 Å². The monoisotopic (exact) mass is 291 g/mol. The minimum Gasteiger partial charge on any atom is -0.486 e. The number of rotatable bonds is 4. The molecule has 1 atom stereocenters. The lowest BCUT2D eigenvalue weighted by molar-refractivity contribution is 0.0882. The molecule has 3 rings (SSSR count). The van der Waals surface area contributed by atoms with Gasteiger partial charge in [-0.1, -0.05) is 18.2 Å². The fraction of sp³-hybridized carbons (Fsp3) is 0.250. The number of hydrogen-bond donors (Lipinski definition) is 1. The Morgan fingerprint density at radius 2 is 2.10 bits per heavy atom. The maximum absolute atomic E-state index is 13.8. The van der Waals surface area contributed by atoms with Crippen LogP contribution in [0, 0.1) is 11.6 Å². The van der Waals surface area contributed by atoms with Gasteiger partial charge in [-0.15, -0.1) is 0 Å². The van der Waals surface area contributed by atoms with Crippen molar-refractivity contribution < 1.29 is 18.4 Å². The zero-order chi connectivity index (χ0) is 14.7. The smallest absolute Gasteiger partial charge is 0.165 e. The van der Waals surface area contributed by atoms with Crippen LogP contribution in [0.5, 0.6) is 5.75 Å². The molecule has 0 unspecified atom stereocenters. The Morgan fingerprint density at radius 1 is 1.19 bits per heavy atom. The molecule has 0 spiro atoms. The predicted molar refractivity (Wildman–Crippen MR) is 73.6 cm³/mol. The van der Waals surface area contributed by atoms with E-state index in [2.05, 4.69) is 5.48 Å². The zero-order valence-corrected chi connectivity index (χ0v) is 11.3. The van der Waals surface area contributed by atoms with E-state index in [9.17, 15) is 8.78 Å². The summed E-state index contributed by atoms with van der Waals surface area (Å²) in [7, 11) is 0. The van der Waals surface area contributed by atoms with Crippen LogP contribution in [0.2, 0.25) is 0 Å². The largest absolute Gasteiger partial charge is 0.486 e. The van der Waals surface area contributed by atoms with Crippen molar-refractivity contribution in [2.75, 3.05) is 6.61 Å². The average molecular weight is 291 g/mol. The lowest BCUT2D eigenvalue weighted by Gasteiger charge is -2.12. The predicted octanol–water partition coefficient (Wildman–Crippen LogP) is 3.51. The van der Waals surface area contributed by atoms with Crippen molar-refractivity contribution in [1.82, 2.24) is 5.48 Å². The first-order valence-electron chi connectivity index (χ1n) is 6.76. The second-order valence-corrected chi connectivity index (χ2v) is 4.92. The summed E-state index contributed by atoms with van der Waals surface area (Å²) in [5.74, 6) is -0.614. The van der Waals surface area contributed by atoms with E-state index in [1.165, 1.54) is 18.2 Å². The quantitative estimate of drug-likeness (QED) is 0.935. The molecule has 3 nitrogen and oxygen atoms in total. The Balaban J connectivity index is 1.73. The molecule has 5 heteroatoms. The van der Waals surface area contributed by atoms with E-state index in [4.69, 9.17) is 9.57 Å². The van der Waals surface area contributed by atoms with Crippen molar-refractivity contribution in [2.24, 2.45) is 0 Å². The van der Waals surface area contributed by atoms with Crippen molar-refractivity contribution in [3.63, 3.8) is 0 Å². The molecule has 1 saturated heterocycles. The molecule has 0 bridgehead atoms. The second kappa shape index (κ2) is 6.20. The Labute approximate surface area is 121 Å². The summed E-state index contributed by atoms with van der Waals surface area (Å²) >= 11 is 0. The van der Waals surface area contributed by atoms with Crippen LogP contribution in [-0.2, 0) is 11.4 Å². The van der Waals surface area contributed by atoms with Crippen molar-refractivity contribution in [1.29, 1.82) is 0 Å². The van der Waals surface area contributed by atoms with Gasteiger partial charge >= 0.3 is 0 Å². The zero-order valence-electron chi connectivity index (χ0n) is 11.3. The second-order valence-electron chi connectivity index (χ2n) is 4.92. The van der Waals surface area contributed by atoms with Gasteiger partial charge in [0.25, 0.3) is 0 Å². The highest BCUT2D eigenvalue weighted by Gasteiger charge is 2.18. The molecule has 0 amide bonds. The highest BCUT2D eigenvalue weighted by atomic mass is 19.1. The van der Waals surface area contributed by atoms with Gasteiger partial charge in [-0.05, 0) is 41.8 Å². The molecule has 1 aliphatic rings. The Morgan fingerprint density at radius 3 is 2.86 bits per heavy atom. The number of hydrogen-bond acceptors (Lipinski definition) is 3. The van der Waals surface area contributed by atoms with Gasteiger partial charge in [0.05, 0.1) is 12.6 Å². The molecule has 0 aliphatic carbocycles. The molecule has 2 aromatic carbocycles. The summed E-state index contributed by atoms with van der Waals surface area (Å²) in [5.41, 5.74) is 4.43. The summed E-state index contributed by atoms with van der Waals surface area (Å²) in [4.78, 5) is 5.10. The highest BCUT2D eigenvalue weighted by Crippen LogP contribution is 2.27. The van der Waals surface area contributed by atoms with E-state index in [0.29, 0.717) is 12.2 Å². The van der Waals surface area contributed by atoms with Crippen molar-refractivity contribution in [3.8, 4) is 5.75 Å². The number of ether oxygens (including phenoxy) is 1. The summed E-state index contributed by atoms with van der Waals surface area (Å²) < 4.78 is 32.3. The molecule has 2 aromatic rings. The SMILES string of the molecule is Fc1cccc(COc2cc([C@H]3CCON3)ccc2F)c1. The first-order valence-corrected chi connectivity index (χ1v) is 6.76. The molecule has 0 aromatic heterocycles. The summed E-state index contributed by atoms with van der Waals surface area (Å²) in [6, 6.07) is 10.8. The van der Waals surface area contributed by atoms with Gasteiger partial charge in [0.15, 0.2) is 11.6 Å². The van der Waals surface area contributed by atoms with Crippen LogP contribution in [0.4, 0.5) is 8.78 Å². The first kappa shape index (κ1) is 14.0. The topological polar surface area (TPSA) is 30.5 Å². The van der Waals surface area contributed by atoms with Crippen LogP contribution in [0.3, 0.4) is 0 Å². The summed E-state index contributed by atoms with van der Waals surface area (Å²) in [5, 5.41) is 0. The third-order valence-corrected chi connectivity index (χ3v) is 3.38. The van der Waals surface area contributed by atoms with Gasteiger partial charge in [0.1, 0.15) is 12.4 Å². The first-order chi connectivity index (χ1) is 10.2. The van der Waals surface area contributed by atoms with Crippen LogP contribution in [0.15, 0.2) is 42.5 Å². The number of benzene rings is 2. The molecule has 1 aliphatic heterocycles. The van der Waals surface area contributed by atoms with Gasteiger partial charge in [0, 0.05) is 0 Å². The highest BCUT2D eigenvalue weighted by molar-refractivity contribution is 5.32. The minimum atomic E-state index is -0.436. The third kappa shape index (κ3) is 3.37. The molecular formula is C16H15F2NO2. The van der Waals surface area contributed by atoms with Crippen molar-refractivity contribution >= 4 is 0 Å². The van der Waals surface area contributed by atoms with E-state index >= 15 is 0 Å². The summed E-state index contributed by atoms with van der Waals surface area (Å²) in [6.45, 7) is 0.744. The van der Waals surface area contributed by atoms with Gasteiger partial charge < -0.3 is 9.57 Å². The Kier molecular flexibility index (Phi) is 4.13. The number of nitrogens with one attached hydrogen (secondary N) is 1. The van der Waals surface area contributed by atoms with Crippen LogP contribution >= 0.6 is 0 Å². The van der Waals surface area contributed by atoms with Crippen LogP contribution < -0.4 is 10.2 Å². The van der Waals surface area contributed by atoms with Gasteiger partial charge in [0.2, 0.25) is 0 Å². The van der Waals surface area contributed by atoms with Gasteiger partial charge in [-0.2, -0.15) is 5.48 Å². The van der Waals surface area contributed by atoms with Gasteiger partial charge in [-0.3, -0.25) is 0 Å². The fourth-order valence-corrected chi connectivity index (χ4v) is 2.27. The standard InChI is InChI=1S/C16H15F2NO2/c17-13-3-1-2-11(8-13)10-20-16-9-12(4-5-14(16)18)15-6-7-21-19-15/h1-5,8-9,15,19H,6-7,10H2/t15-/m1/s1. The molecule has 1 heterocycles. The van der Waals surface area contributed by atoms with E-state index in [1.54, 1.807) is 24.3 Å². The van der Waals surface area contributed by atoms with Crippen LogP contribution in [-0.4, -0.2) is 6.61 Å². The lowest BCUT2D eigenvalue weighted by Crippen LogP contribution is -2.11. The van der Waals surface area contributed by atoms with Crippen molar-refractivity contribution in [3.05, 3.63) is 65.2 Å². The number of hydroxylamine groups is 1. The van der Waals surface area contributed by atoms with E-state index < -0.39 is 5.82 Å². The summed E-state index contributed by atoms with van der Waals surface area (Å²) in [6.07, 6.45) is 0.828.